The van der Waals surface area contributed by atoms with E-state index in [1.165, 1.54) is 12.1 Å². The zero-order chi connectivity index (χ0) is 20.1. The monoisotopic (exact) mass is 451 g/mol. The van der Waals surface area contributed by atoms with Gasteiger partial charge in [-0.1, -0.05) is 22.0 Å². The molecule has 2 N–H and O–H groups in total. The molecule has 0 heterocycles. The number of ether oxygens (including phenoxy) is 1. The number of benzene rings is 2. The van der Waals surface area contributed by atoms with E-state index in [0.717, 1.165) is 10.0 Å². The van der Waals surface area contributed by atoms with Gasteiger partial charge in [0.05, 0.1) is 16.6 Å². The van der Waals surface area contributed by atoms with Crippen molar-refractivity contribution < 1.29 is 14.5 Å². The summed E-state index contributed by atoms with van der Waals surface area (Å²) < 4.78 is 6.38. The van der Waals surface area contributed by atoms with Gasteiger partial charge in [0.2, 0.25) is 0 Å². The van der Waals surface area contributed by atoms with Crippen molar-refractivity contribution in [3.63, 3.8) is 0 Å². The predicted molar refractivity (Wildman–Crippen MR) is 111 cm³/mol. The van der Waals surface area contributed by atoms with Gasteiger partial charge in [-0.15, -0.1) is 0 Å². The van der Waals surface area contributed by atoms with Gasteiger partial charge in [0, 0.05) is 22.3 Å². The van der Waals surface area contributed by atoms with Gasteiger partial charge in [0.1, 0.15) is 5.75 Å². The van der Waals surface area contributed by atoms with Crippen molar-refractivity contribution in [1.29, 1.82) is 0 Å². The standard InChI is InChI=1S/C18H18BrN3O4S/c1-10(2)26-16-7-5-12(19)8-14(16)17(23)21-18(27)20-15-9-13(22(24)25)6-4-11(15)3/h4-10H,1-3H3,(H2,20,21,23,27). The number of carbonyl (C=O) groups excluding carboxylic acids is 1. The number of non-ortho nitro benzene ring substituents is 1. The highest BCUT2D eigenvalue weighted by molar-refractivity contribution is 9.10. The highest BCUT2D eigenvalue weighted by atomic mass is 79.9. The molecule has 0 atom stereocenters. The number of nitro benzene ring substituents is 1. The van der Waals surface area contributed by atoms with E-state index in [1.54, 1.807) is 31.2 Å². The minimum Gasteiger partial charge on any atom is -0.490 e. The van der Waals surface area contributed by atoms with Crippen molar-refractivity contribution in [2.24, 2.45) is 0 Å². The molecular formula is C18H18BrN3O4S. The maximum atomic E-state index is 12.6. The Bertz CT molecular complexity index is 902. The highest BCUT2D eigenvalue weighted by Crippen LogP contribution is 2.25. The van der Waals surface area contributed by atoms with Crippen molar-refractivity contribution in [3.8, 4) is 5.75 Å². The van der Waals surface area contributed by atoms with E-state index in [4.69, 9.17) is 17.0 Å². The quantitative estimate of drug-likeness (QED) is 0.392. The number of carbonyl (C=O) groups is 1. The number of nitrogens with zero attached hydrogens (tertiary/aromatic N) is 1. The summed E-state index contributed by atoms with van der Waals surface area (Å²) in [5.41, 5.74) is 1.45. The van der Waals surface area contributed by atoms with E-state index in [0.29, 0.717) is 17.0 Å². The largest absolute Gasteiger partial charge is 0.490 e. The Hall–Kier alpha value is -2.52. The van der Waals surface area contributed by atoms with Crippen LogP contribution in [0.25, 0.3) is 0 Å². The lowest BCUT2D eigenvalue weighted by Crippen LogP contribution is -2.34. The Labute approximate surface area is 170 Å². The van der Waals surface area contributed by atoms with Crippen molar-refractivity contribution >= 4 is 50.5 Å². The molecule has 2 rings (SSSR count). The smallest absolute Gasteiger partial charge is 0.271 e. The third-order valence-electron chi connectivity index (χ3n) is 3.46. The highest BCUT2D eigenvalue weighted by Gasteiger charge is 2.17. The Balaban J connectivity index is 2.17. The van der Waals surface area contributed by atoms with E-state index in [-0.39, 0.29) is 16.9 Å². The number of hydrogen-bond acceptors (Lipinski definition) is 5. The summed E-state index contributed by atoms with van der Waals surface area (Å²) in [7, 11) is 0. The van der Waals surface area contributed by atoms with E-state index >= 15 is 0 Å². The maximum Gasteiger partial charge on any atom is 0.271 e. The van der Waals surface area contributed by atoms with Crippen molar-refractivity contribution in [2.75, 3.05) is 5.32 Å². The van der Waals surface area contributed by atoms with Gasteiger partial charge in [-0.2, -0.15) is 0 Å². The second-order valence-corrected chi connectivity index (χ2v) is 7.30. The summed E-state index contributed by atoms with van der Waals surface area (Å²) in [6.07, 6.45) is -0.102. The first-order valence-corrected chi connectivity index (χ1v) is 9.21. The van der Waals surface area contributed by atoms with Crippen LogP contribution < -0.4 is 15.4 Å². The molecule has 0 fully saturated rings. The molecular weight excluding hydrogens is 434 g/mol. The fourth-order valence-corrected chi connectivity index (χ4v) is 2.78. The van der Waals surface area contributed by atoms with Crippen LogP contribution in [0.3, 0.4) is 0 Å². The lowest BCUT2D eigenvalue weighted by Gasteiger charge is -2.16. The van der Waals surface area contributed by atoms with Crippen molar-refractivity contribution in [2.45, 2.75) is 26.9 Å². The van der Waals surface area contributed by atoms with Crippen LogP contribution >= 0.6 is 28.1 Å². The molecule has 0 aliphatic rings. The normalized spacial score (nSPS) is 10.4. The Morgan fingerprint density at radius 1 is 1.26 bits per heavy atom. The topological polar surface area (TPSA) is 93.5 Å². The van der Waals surface area contributed by atoms with Gasteiger partial charge in [0.15, 0.2) is 5.11 Å². The summed E-state index contributed by atoms with van der Waals surface area (Å²) in [6.45, 7) is 5.50. The number of thiocarbonyl (C=S) groups is 1. The summed E-state index contributed by atoms with van der Waals surface area (Å²) in [5.74, 6) is -0.0208. The van der Waals surface area contributed by atoms with Crippen molar-refractivity contribution in [3.05, 3.63) is 62.1 Å². The Morgan fingerprint density at radius 3 is 2.59 bits per heavy atom. The average Bonchev–Trinajstić information content (AvgIpc) is 2.57. The van der Waals surface area contributed by atoms with E-state index in [2.05, 4.69) is 26.6 Å². The van der Waals surface area contributed by atoms with Gasteiger partial charge in [0.25, 0.3) is 11.6 Å². The zero-order valence-electron chi connectivity index (χ0n) is 14.9. The zero-order valence-corrected chi connectivity index (χ0v) is 17.3. The number of halogens is 1. The Kier molecular flexibility index (Phi) is 6.86. The third-order valence-corrected chi connectivity index (χ3v) is 4.15. The summed E-state index contributed by atoms with van der Waals surface area (Å²) >= 11 is 8.51. The van der Waals surface area contributed by atoms with Gasteiger partial charge in [-0.25, -0.2) is 0 Å². The molecule has 0 saturated carbocycles. The molecule has 0 radical (unpaired) electrons. The number of nitro groups is 1. The first kappa shape index (κ1) is 20.8. The summed E-state index contributed by atoms with van der Waals surface area (Å²) in [5, 5.41) is 16.3. The van der Waals surface area contributed by atoms with Crippen LogP contribution in [0.15, 0.2) is 40.9 Å². The van der Waals surface area contributed by atoms with Gasteiger partial charge in [-0.05, 0) is 56.8 Å². The number of amides is 1. The van der Waals surface area contributed by atoms with Crippen LogP contribution in [-0.2, 0) is 0 Å². The Morgan fingerprint density at radius 2 is 1.96 bits per heavy atom. The predicted octanol–water partition coefficient (Wildman–Crippen LogP) is 4.58. The summed E-state index contributed by atoms with van der Waals surface area (Å²) in [4.78, 5) is 23.0. The molecule has 0 spiro atoms. The number of rotatable bonds is 5. The second kappa shape index (κ2) is 8.92. The molecule has 0 aromatic heterocycles. The minimum atomic E-state index is -0.497. The first-order valence-electron chi connectivity index (χ1n) is 8.01. The molecule has 2 aromatic carbocycles. The lowest BCUT2D eigenvalue weighted by molar-refractivity contribution is -0.384. The van der Waals surface area contributed by atoms with Gasteiger partial charge in [-0.3, -0.25) is 20.2 Å². The molecule has 0 saturated heterocycles. The molecule has 7 nitrogen and oxygen atoms in total. The van der Waals surface area contributed by atoms with Crippen LogP contribution in [0.1, 0.15) is 29.8 Å². The third kappa shape index (κ3) is 5.73. The van der Waals surface area contributed by atoms with Crippen LogP contribution in [-0.4, -0.2) is 22.0 Å². The van der Waals surface area contributed by atoms with Crippen LogP contribution in [0, 0.1) is 17.0 Å². The fourth-order valence-electron chi connectivity index (χ4n) is 2.22. The van der Waals surface area contributed by atoms with Crippen molar-refractivity contribution in [1.82, 2.24) is 5.32 Å². The van der Waals surface area contributed by atoms with E-state index in [1.807, 2.05) is 13.8 Å². The minimum absolute atomic E-state index is 0.0269. The van der Waals surface area contributed by atoms with Crippen LogP contribution in [0.4, 0.5) is 11.4 Å². The average molecular weight is 452 g/mol. The second-order valence-electron chi connectivity index (χ2n) is 5.97. The SMILES string of the molecule is Cc1ccc([N+](=O)[O-])cc1NC(=S)NC(=O)c1cc(Br)ccc1OC(C)C. The van der Waals surface area contributed by atoms with Crippen LogP contribution in [0.2, 0.25) is 0 Å². The molecule has 142 valence electrons. The number of nitrogens with one attached hydrogen (secondary N) is 2. The molecule has 2 aromatic rings. The molecule has 0 aliphatic carbocycles. The van der Waals surface area contributed by atoms with E-state index in [9.17, 15) is 14.9 Å². The summed E-state index contributed by atoms with van der Waals surface area (Å²) in [6, 6.07) is 9.47. The maximum absolute atomic E-state index is 12.6. The van der Waals surface area contributed by atoms with Gasteiger partial charge >= 0.3 is 0 Å². The molecule has 1 amide bonds. The number of aryl methyl sites for hydroxylation is 1. The molecule has 0 aliphatic heterocycles. The molecule has 9 heteroatoms. The first-order chi connectivity index (χ1) is 12.7. The molecule has 0 unspecified atom stereocenters. The molecule has 0 bridgehead atoms. The fraction of sp³-hybridized carbons (Fsp3) is 0.222. The van der Waals surface area contributed by atoms with Crippen LogP contribution in [0.5, 0.6) is 5.75 Å². The van der Waals surface area contributed by atoms with Gasteiger partial charge < -0.3 is 10.1 Å². The number of anilines is 1. The van der Waals surface area contributed by atoms with E-state index < -0.39 is 10.8 Å². The molecule has 27 heavy (non-hydrogen) atoms. The number of hydrogen-bond donors (Lipinski definition) is 2. The lowest BCUT2D eigenvalue weighted by atomic mass is 10.2.